The standard InChI is InChI=1S/C21H30N4O3/c1-5-24-8-10-25(11-9-24)13-17-18(20(26)28-4)19(23-21(27)22-17)16-12-14(2)6-7-15(16)3/h6-7,12,19H,5,8-11,13H2,1-4H3,(H2,22,23,27)/p+2/t19-/m0/s1. The highest BCUT2D eigenvalue weighted by atomic mass is 16.5. The SMILES string of the molecule is CC[NH+]1CC[NH+](CC2=C(C(=O)OC)[C@H](c3cc(C)ccc3C)NC(=O)N2)CC1. The summed E-state index contributed by atoms with van der Waals surface area (Å²) in [5, 5.41) is 5.82. The van der Waals surface area contributed by atoms with Gasteiger partial charge in [0.15, 0.2) is 0 Å². The molecule has 2 amide bonds. The van der Waals surface area contributed by atoms with Gasteiger partial charge in [-0.1, -0.05) is 23.8 Å². The van der Waals surface area contributed by atoms with E-state index in [9.17, 15) is 9.59 Å². The van der Waals surface area contributed by atoms with Gasteiger partial charge in [0.1, 0.15) is 32.7 Å². The first kappa shape index (κ1) is 20.4. The van der Waals surface area contributed by atoms with Crippen LogP contribution in [0.25, 0.3) is 0 Å². The molecule has 1 fully saturated rings. The number of rotatable bonds is 5. The molecule has 152 valence electrons. The molecule has 4 N–H and O–H groups in total. The first-order valence-corrected chi connectivity index (χ1v) is 10.1. The fourth-order valence-electron chi connectivity index (χ4n) is 4.15. The van der Waals surface area contributed by atoms with Crippen molar-refractivity contribution in [2.45, 2.75) is 26.8 Å². The van der Waals surface area contributed by atoms with Gasteiger partial charge in [-0.25, -0.2) is 9.59 Å². The van der Waals surface area contributed by atoms with E-state index in [0.29, 0.717) is 17.8 Å². The summed E-state index contributed by atoms with van der Waals surface area (Å²) in [6, 6.07) is 5.31. The molecule has 1 atom stereocenters. The van der Waals surface area contributed by atoms with E-state index in [1.807, 2.05) is 32.0 Å². The fourth-order valence-corrected chi connectivity index (χ4v) is 4.15. The van der Waals surface area contributed by atoms with Crippen molar-refractivity contribution < 1.29 is 24.1 Å². The van der Waals surface area contributed by atoms with E-state index >= 15 is 0 Å². The molecule has 1 saturated heterocycles. The molecule has 0 aromatic heterocycles. The first-order valence-electron chi connectivity index (χ1n) is 10.1. The fraction of sp³-hybridized carbons (Fsp3) is 0.524. The highest BCUT2D eigenvalue weighted by molar-refractivity contribution is 5.95. The van der Waals surface area contributed by atoms with Crippen LogP contribution in [0, 0.1) is 13.8 Å². The van der Waals surface area contributed by atoms with Gasteiger partial charge in [0.05, 0.1) is 31.0 Å². The molecule has 0 saturated carbocycles. The van der Waals surface area contributed by atoms with Crippen molar-refractivity contribution >= 4 is 12.0 Å². The van der Waals surface area contributed by atoms with Crippen LogP contribution in [-0.2, 0) is 9.53 Å². The maximum Gasteiger partial charge on any atom is 0.338 e. The number of esters is 1. The van der Waals surface area contributed by atoms with Gasteiger partial charge in [0.25, 0.3) is 0 Å². The summed E-state index contributed by atoms with van der Waals surface area (Å²) in [6.07, 6.45) is 0. The quantitative estimate of drug-likeness (QED) is 0.483. The van der Waals surface area contributed by atoms with Gasteiger partial charge in [0, 0.05) is 0 Å². The number of benzene rings is 1. The Morgan fingerprint density at radius 1 is 1.18 bits per heavy atom. The average molecular weight is 389 g/mol. The second-order valence-electron chi connectivity index (χ2n) is 7.81. The Balaban J connectivity index is 1.95. The Labute approximate surface area is 166 Å². The predicted molar refractivity (Wildman–Crippen MR) is 106 cm³/mol. The molecule has 2 heterocycles. The molecule has 0 spiro atoms. The molecule has 1 aromatic carbocycles. The molecular formula is C21H32N4O3+2. The van der Waals surface area contributed by atoms with Crippen LogP contribution < -0.4 is 20.4 Å². The number of methoxy groups -OCH3 is 1. The van der Waals surface area contributed by atoms with Crippen molar-refractivity contribution in [1.29, 1.82) is 0 Å². The van der Waals surface area contributed by atoms with Crippen LogP contribution in [0.15, 0.2) is 29.5 Å². The van der Waals surface area contributed by atoms with E-state index in [1.54, 1.807) is 4.90 Å². The Bertz CT molecular complexity index is 782. The van der Waals surface area contributed by atoms with Crippen LogP contribution in [0.1, 0.15) is 29.7 Å². The van der Waals surface area contributed by atoms with Gasteiger partial charge in [0.2, 0.25) is 0 Å². The molecular weight excluding hydrogens is 356 g/mol. The van der Waals surface area contributed by atoms with Crippen molar-refractivity contribution in [2.75, 3.05) is 46.4 Å². The van der Waals surface area contributed by atoms with E-state index in [-0.39, 0.29) is 6.03 Å². The number of likely N-dealkylation sites (N-methyl/N-ethyl adjacent to an activating group) is 1. The van der Waals surface area contributed by atoms with Gasteiger partial charge < -0.3 is 25.2 Å². The van der Waals surface area contributed by atoms with Crippen LogP contribution in [-0.4, -0.2) is 58.4 Å². The van der Waals surface area contributed by atoms with Crippen molar-refractivity contribution in [3.63, 3.8) is 0 Å². The lowest BCUT2D eigenvalue weighted by molar-refractivity contribution is -1.01. The van der Waals surface area contributed by atoms with E-state index in [0.717, 1.165) is 49.4 Å². The third-order valence-corrected chi connectivity index (χ3v) is 5.90. The van der Waals surface area contributed by atoms with Gasteiger partial charge in [-0.05, 0) is 31.9 Å². The van der Waals surface area contributed by atoms with Crippen molar-refractivity contribution in [3.05, 3.63) is 46.2 Å². The lowest BCUT2D eigenvalue weighted by Crippen LogP contribution is -3.28. The Morgan fingerprint density at radius 2 is 1.86 bits per heavy atom. The number of quaternary nitrogens is 2. The van der Waals surface area contributed by atoms with Crippen LogP contribution in [0.3, 0.4) is 0 Å². The van der Waals surface area contributed by atoms with Crippen molar-refractivity contribution in [1.82, 2.24) is 10.6 Å². The summed E-state index contributed by atoms with van der Waals surface area (Å²) >= 11 is 0. The second-order valence-corrected chi connectivity index (χ2v) is 7.81. The number of amides is 2. The molecule has 1 aromatic rings. The van der Waals surface area contributed by atoms with E-state index in [1.165, 1.54) is 12.0 Å². The molecule has 28 heavy (non-hydrogen) atoms. The van der Waals surface area contributed by atoms with E-state index in [2.05, 4.69) is 17.6 Å². The predicted octanol–water partition coefficient (Wildman–Crippen LogP) is -1.11. The highest BCUT2D eigenvalue weighted by Crippen LogP contribution is 2.30. The molecule has 2 aliphatic heterocycles. The summed E-state index contributed by atoms with van der Waals surface area (Å²) < 4.78 is 5.10. The van der Waals surface area contributed by atoms with Gasteiger partial charge in [-0.15, -0.1) is 0 Å². The lowest BCUT2D eigenvalue weighted by Gasteiger charge is -2.33. The Morgan fingerprint density at radius 3 is 2.50 bits per heavy atom. The zero-order chi connectivity index (χ0) is 20.3. The number of nitrogens with one attached hydrogen (secondary N) is 4. The topological polar surface area (TPSA) is 76.3 Å². The number of urea groups is 1. The van der Waals surface area contributed by atoms with Gasteiger partial charge in [-0.3, -0.25) is 0 Å². The third-order valence-electron chi connectivity index (χ3n) is 5.90. The first-order chi connectivity index (χ1) is 13.4. The summed E-state index contributed by atoms with van der Waals surface area (Å²) in [6.45, 7) is 12.2. The lowest BCUT2D eigenvalue weighted by atomic mass is 9.91. The highest BCUT2D eigenvalue weighted by Gasteiger charge is 2.36. The molecule has 7 heteroatoms. The zero-order valence-corrected chi connectivity index (χ0v) is 17.3. The van der Waals surface area contributed by atoms with Crippen LogP contribution in [0.2, 0.25) is 0 Å². The second kappa shape index (κ2) is 8.75. The number of carbonyl (C=O) groups is 2. The molecule has 2 aliphatic rings. The number of ether oxygens (including phenoxy) is 1. The number of aryl methyl sites for hydroxylation is 2. The van der Waals surface area contributed by atoms with Crippen molar-refractivity contribution in [2.24, 2.45) is 0 Å². The molecule has 0 unspecified atom stereocenters. The molecule has 0 bridgehead atoms. The summed E-state index contributed by atoms with van der Waals surface area (Å²) in [7, 11) is 1.39. The minimum atomic E-state index is -0.502. The zero-order valence-electron chi connectivity index (χ0n) is 17.3. The normalized spacial score (nSPS) is 25.1. The van der Waals surface area contributed by atoms with Crippen molar-refractivity contribution in [3.8, 4) is 0 Å². The summed E-state index contributed by atoms with van der Waals surface area (Å²) in [5.41, 5.74) is 4.24. The maximum absolute atomic E-state index is 12.7. The summed E-state index contributed by atoms with van der Waals surface area (Å²) in [4.78, 5) is 28.1. The monoisotopic (exact) mass is 388 g/mol. The summed E-state index contributed by atoms with van der Waals surface area (Å²) in [5.74, 6) is -0.398. The smallest absolute Gasteiger partial charge is 0.338 e. The number of hydrogen-bond donors (Lipinski definition) is 4. The molecule has 3 rings (SSSR count). The van der Waals surface area contributed by atoms with Gasteiger partial charge >= 0.3 is 12.0 Å². The van der Waals surface area contributed by atoms with E-state index < -0.39 is 12.0 Å². The number of piperazine rings is 1. The third kappa shape index (κ3) is 4.36. The number of carbonyl (C=O) groups excluding carboxylic acids is 2. The molecule has 0 radical (unpaired) electrons. The van der Waals surface area contributed by atoms with Crippen LogP contribution in [0.5, 0.6) is 0 Å². The maximum atomic E-state index is 12.7. The largest absolute Gasteiger partial charge is 0.466 e. The Kier molecular flexibility index (Phi) is 6.36. The van der Waals surface area contributed by atoms with Gasteiger partial charge in [-0.2, -0.15) is 0 Å². The minimum absolute atomic E-state index is 0.272. The number of hydrogen-bond acceptors (Lipinski definition) is 3. The Hall–Kier alpha value is -2.38. The van der Waals surface area contributed by atoms with Crippen LogP contribution >= 0.6 is 0 Å². The molecule has 7 nitrogen and oxygen atoms in total. The molecule has 0 aliphatic carbocycles. The minimum Gasteiger partial charge on any atom is -0.466 e. The van der Waals surface area contributed by atoms with E-state index in [4.69, 9.17) is 4.74 Å². The van der Waals surface area contributed by atoms with Crippen LogP contribution in [0.4, 0.5) is 4.79 Å². The average Bonchev–Trinajstić information content (AvgIpc) is 2.69.